The quantitative estimate of drug-likeness (QED) is 0.166. The molecule has 3 aromatic rings. The molecule has 158 valence electrons. The van der Waals surface area contributed by atoms with Crippen molar-refractivity contribution in [3.8, 4) is 0 Å². The fourth-order valence-electron chi connectivity index (χ4n) is 2.58. The average molecular weight is 436 g/mol. The number of halogens is 2. The summed E-state index contributed by atoms with van der Waals surface area (Å²) < 4.78 is 17.9. The number of aromatic amines is 1. The number of aliphatic imine (C=N–C) groups is 1. The molecule has 1 aromatic carbocycles. The molecule has 0 aliphatic carbocycles. The average Bonchev–Trinajstić information content (AvgIpc) is 3.17. The van der Waals surface area contributed by atoms with Crippen LogP contribution in [0.5, 0.6) is 0 Å². The first-order valence-electron chi connectivity index (χ1n) is 8.86. The van der Waals surface area contributed by atoms with E-state index in [2.05, 4.69) is 35.3 Å². The van der Waals surface area contributed by atoms with E-state index in [1.807, 2.05) is 5.48 Å². The highest BCUT2D eigenvalue weighted by molar-refractivity contribution is 6.31. The molecule has 3 rings (SSSR count). The predicted molar refractivity (Wildman–Crippen MR) is 110 cm³/mol. The standard InChI is InChI=1S/C18H19ClFN7O3/c1-30-18(28)23-7-2-6-22-17-25-14-11(5-8-21-16(14)26-17)15(27-29)24-10-3-4-13(20)12(19)9-10/h3-5,8-9,29H,2,6-7H2,1H3,(H,23,28)(H,24,27)(H2,21,22,25,26). The van der Waals surface area contributed by atoms with Crippen LogP contribution >= 0.6 is 11.6 Å². The number of nitrogens with zero attached hydrogens (tertiary/aromatic N) is 3. The molecule has 2 aromatic heterocycles. The Balaban J connectivity index is 1.77. The van der Waals surface area contributed by atoms with E-state index >= 15 is 0 Å². The first-order chi connectivity index (χ1) is 14.5. The van der Waals surface area contributed by atoms with Gasteiger partial charge in [-0.05, 0) is 30.7 Å². The van der Waals surface area contributed by atoms with Gasteiger partial charge in [-0.3, -0.25) is 10.7 Å². The summed E-state index contributed by atoms with van der Waals surface area (Å²) >= 11 is 5.79. The molecule has 0 aliphatic rings. The largest absolute Gasteiger partial charge is 0.453 e. The number of nitrogens with one attached hydrogen (secondary N) is 4. The fourth-order valence-corrected chi connectivity index (χ4v) is 2.75. The summed E-state index contributed by atoms with van der Waals surface area (Å²) in [6.45, 7) is 0.974. The maximum absolute atomic E-state index is 13.4. The molecule has 5 N–H and O–H groups in total. The van der Waals surface area contributed by atoms with E-state index in [0.717, 1.165) is 0 Å². The van der Waals surface area contributed by atoms with Gasteiger partial charge in [-0.1, -0.05) is 11.6 Å². The third-order valence-corrected chi connectivity index (χ3v) is 4.29. The van der Waals surface area contributed by atoms with Crippen molar-refractivity contribution < 1.29 is 19.1 Å². The Hall–Kier alpha value is -3.44. The molecule has 0 unspecified atom stereocenters. The highest BCUT2D eigenvalue weighted by atomic mass is 35.5. The molecule has 0 atom stereocenters. The van der Waals surface area contributed by atoms with Crippen molar-refractivity contribution in [2.24, 2.45) is 4.99 Å². The lowest BCUT2D eigenvalue weighted by Crippen LogP contribution is -2.25. The minimum absolute atomic E-state index is 0.0804. The van der Waals surface area contributed by atoms with Crippen LogP contribution in [0.4, 0.5) is 20.8 Å². The van der Waals surface area contributed by atoms with Gasteiger partial charge in [0.05, 0.1) is 23.3 Å². The van der Waals surface area contributed by atoms with Crippen LogP contribution in [-0.2, 0) is 4.74 Å². The molecule has 10 nitrogen and oxygen atoms in total. The Bertz CT molecular complexity index is 1070. The highest BCUT2D eigenvalue weighted by Crippen LogP contribution is 2.23. The van der Waals surface area contributed by atoms with Crippen LogP contribution in [0.3, 0.4) is 0 Å². The number of imidazole rings is 1. The number of amidine groups is 1. The lowest BCUT2D eigenvalue weighted by molar-refractivity contribution is 0.171. The van der Waals surface area contributed by atoms with Crippen LogP contribution in [-0.4, -0.2) is 52.3 Å². The van der Waals surface area contributed by atoms with Crippen LogP contribution in [0.25, 0.3) is 11.2 Å². The molecule has 1 amide bonds. The van der Waals surface area contributed by atoms with Gasteiger partial charge in [0.1, 0.15) is 5.82 Å². The summed E-state index contributed by atoms with van der Waals surface area (Å²) in [7, 11) is 1.30. The number of hydrogen-bond acceptors (Lipinski definition) is 7. The molecule has 0 radical (unpaired) electrons. The summed E-state index contributed by atoms with van der Waals surface area (Å²) in [5.74, 6) is -0.000756. The Morgan fingerprint density at radius 3 is 2.93 bits per heavy atom. The van der Waals surface area contributed by atoms with Crippen LogP contribution in [0.1, 0.15) is 12.0 Å². The zero-order valence-corrected chi connectivity index (χ0v) is 16.6. The third-order valence-electron chi connectivity index (χ3n) is 4.00. The summed E-state index contributed by atoms with van der Waals surface area (Å²) in [5.41, 5.74) is 3.82. The number of methoxy groups -OCH3 is 1. The van der Waals surface area contributed by atoms with Crippen LogP contribution in [0.2, 0.25) is 5.02 Å². The lowest BCUT2D eigenvalue weighted by atomic mass is 10.2. The van der Waals surface area contributed by atoms with Crippen LogP contribution in [0, 0.1) is 5.82 Å². The number of benzene rings is 1. The maximum Gasteiger partial charge on any atom is 0.406 e. The van der Waals surface area contributed by atoms with Crippen LogP contribution in [0.15, 0.2) is 35.5 Å². The minimum Gasteiger partial charge on any atom is -0.453 e. The van der Waals surface area contributed by atoms with Crippen molar-refractivity contribution in [3.05, 3.63) is 46.9 Å². The Kier molecular flexibility index (Phi) is 6.99. The number of anilines is 1. The lowest BCUT2D eigenvalue weighted by Gasteiger charge is -2.06. The second-order valence-electron chi connectivity index (χ2n) is 6.01. The van der Waals surface area contributed by atoms with E-state index in [0.29, 0.717) is 47.9 Å². The monoisotopic (exact) mass is 435 g/mol. The van der Waals surface area contributed by atoms with E-state index < -0.39 is 11.9 Å². The maximum atomic E-state index is 13.4. The van der Waals surface area contributed by atoms with Crippen molar-refractivity contribution in [3.63, 3.8) is 0 Å². The number of pyridine rings is 1. The van der Waals surface area contributed by atoms with Gasteiger partial charge in [-0.2, -0.15) is 4.98 Å². The predicted octanol–water partition coefficient (Wildman–Crippen LogP) is 2.97. The zero-order chi connectivity index (χ0) is 21.5. The summed E-state index contributed by atoms with van der Waals surface area (Å²) in [6, 6.07) is 5.59. The first kappa shape index (κ1) is 21.3. The van der Waals surface area contributed by atoms with Gasteiger partial charge in [0.15, 0.2) is 11.5 Å². The molecule has 30 heavy (non-hydrogen) atoms. The normalized spacial score (nSPS) is 11.4. The number of alkyl carbamates (subject to hydrolysis) is 1. The summed E-state index contributed by atoms with van der Waals surface area (Å²) in [4.78, 5) is 26.9. The molecule has 0 aliphatic heterocycles. The van der Waals surface area contributed by atoms with Gasteiger partial charge in [0.25, 0.3) is 0 Å². The second-order valence-corrected chi connectivity index (χ2v) is 6.42. The second kappa shape index (κ2) is 9.85. The van der Waals surface area contributed by atoms with Gasteiger partial charge in [-0.15, -0.1) is 0 Å². The smallest absolute Gasteiger partial charge is 0.406 e. The summed E-state index contributed by atoms with van der Waals surface area (Å²) in [5, 5.41) is 15.2. The van der Waals surface area contributed by atoms with E-state index in [9.17, 15) is 14.4 Å². The SMILES string of the molecule is COC(=O)NCCCNc1nc2nccc(C(=Nc3ccc(F)c(Cl)c3)NO)c2[nH]1. The highest BCUT2D eigenvalue weighted by Gasteiger charge is 2.13. The number of aromatic nitrogens is 3. The van der Waals surface area contributed by atoms with Gasteiger partial charge in [-0.25, -0.2) is 19.2 Å². The van der Waals surface area contributed by atoms with Gasteiger partial charge in [0, 0.05) is 24.8 Å². The van der Waals surface area contributed by atoms with Crippen LogP contribution < -0.4 is 16.1 Å². The van der Waals surface area contributed by atoms with E-state index in [1.54, 1.807) is 6.07 Å². The molecule has 0 spiro atoms. The Labute approximate surface area is 175 Å². The number of hydrogen-bond donors (Lipinski definition) is 5. The number of fused-ring (bicyclic) bond motifs is 1. The Morgan fingerprint density at radius 2 is 2.20 bits per heavy atom. The zero-order valence-electron chi connectivity index (χ0n) is 15.9. The topological polar surface area (TPSA) is 137 Å². The molecule has 0 saturated heterocycles. The van der Waals surface area contributed by atoms with Gasteiger partial charge < -0.3 is 20.4 Å². The van der Waals surface area contributed by atoms with Crippen molar-refractivity contribution in [2.45, 2.75) is 6.42 Å². The number of rotatable bonds is 7. The van der Waals surface area contributed by atoms with E-state index in [1.165, 1.54) is 31.5 Å². The molecule has 12 heteroatoms. The Morgan fingerprint density at radius 1 is 1.37 bits per heavy atom. The molecule has 0 bridgehead atoms. The summed E-state index contributed by atoms with van der Waals surface area (Å²) in [6.07, 6.45) is 1.67. The fraction of sp³-hybridized carbons (Fsp3) is 0.222. The van der Waals surface area contributed by atoms with Crippen molar-refractivity contribution >= 4 is 46.3 Å². The van der Waals surface area contributed by atoms with Gasteiger partial charge >= 0.3 is 6.09 Å². The molecular weight excluding hydrogens is 417 g/mol. The molecule has 2 heterocycles. The number of carbonyl (C=O) groups excluding carboxylic acids is 1. The molecule has 0 fully saturated rings. The number of amides is 1. The number of carbonyl (C=O) groups is 1. The number of hydroxylamine groups is 1. The molecular formula is C18H19ClFN7O3. The minimum atomic E-state index is -0.563. The molecule has 0 saturated carbocycles. The van der Waals surface area contributed by atoms with E-state index in [-0.39, 0.29) is 10.9 Å². The van der Waals surface area contributed by atoms with Crippen molar-refractivity contribution in [1.29, 1.82) is 0 Å². The van der Waals surface area contributed by atoms with E-state index in [4.69, 9.17) is 11.6 Å². The third kappa shape index (κ3) is 5.13. The van der Waals surface area contributed by atoms with Gasteiger partial charge in [0.2, 0.25) is 5.95 Å². The number of ether oxygens (including phenoxy) is 1. The number of H-pyrrole nitrogens is 1. The van der Waals surface area contributed by atoms with Crippen molar-refractivity contribution in [1.82, 2.24) is 25.7 Å². The van der Waals surface area contributed by atoms with Crippen molar-refractivity contribution in [2.75, 3.05) is 25.5 Å². The first-order valence-corrected chi connectivity index (χ1v) is 9.24.